The Morgan fingerprint density at radius 3 is 1.33 bits per heavy atom. The van der Waals surface area contributed by atoms with E-state index in [1.165, 1.54) is 0 Å². The highest BCUT2D eigenvalue weighted by Crippen LogP contribution is 2.07. The summed E-state index contributed by atoms with van der Waals surface area (Å²) in [5, 5.41) is 55.6. The van der Waals surface area contributed by atoms with Crippen LogP contribution in [0, 0.1) is 0 Å². The minimum atomic E-state index is -1.17. The summed E-state index contributed by atoms with van der Waals surface area (Å²) in [6.07, 6.45) is 5.18. The third kappa shape index (κ3) is 33.1. The highest BCUT2D eigenvalue weighted by atomic mass is 16.5. The largest absolute Gasteiger partial charge is 0.480 e. The van der Waals surface area contributed by atoms with E-state index in [9.17, 15) is 33.6 Å². The lowest BCUT2D eigenvalue weighted by molar-refractivity contribution is -0.149. The maximum Gasteiger partial charge on any atom is 0.324 e. The number of benzene rings is 2. The Hall–Kier alpha value is -6.28. The van der Waals surface area contributed by atoms with E-state index >= 15 is 0 Å². The molecule has 22 N–H and O–H groups in total. The van der Waals surface area contributed by atoms with Crippen molar-refractivity contribution < 1.29 is 68.9 Å². The second-order valence-corrected chi connectivity index (χ2v) is 13.5. The molecule has 2 aliphatic heterocycles. The number of nitrogens with one attached hydrogen (secondary N) is 2. The van der Waals surface area contributed by atoms with Crippen LogP contribution in [0.25, 0.3) is 0 Å². The fraction of sp³-hybridized carbons (Fsp3) is 0.487. The van der Waals surface area contributed by atoms with Gasteiger partial charge in [0.2, 0.25) is 0 Å². The number of esters is 1. The van der Waals surface area contributed by atoms with E-state index in [1.54, 1.807) is 0 Å². The van der Waals surface area contributed by atoms with Crippen LogP contribution in [0.4, 0.5) is 0 Å². The summed E-state index contributed by atoms with van der Waals surface area (Å²) in [6.45, 7) is 1.53. The maximum absolute atomic E-state index is 11.2. The molecule has 24 heteroatoms. The lowest BCUT2D eigenvalue weighted by Crippen LogP contribution is -2.39. The average molecular weight is 897 g/mol. The minimum Gasteiger partial charge on any atom is -0.480 e. The van der Waals surface area contributed by atoms with E-state index in [-0.39, 0.29) is 31.2 Å². The molecule has 0 aromatic heterocycles. The molecule has 2 saturated heterocycles. The number of nitrogens with two attached hydrogens (primary N) is 7. The normalized spacial score (nSPS) is 16.3. The molecule has 0 bridgehead atoms. The molecular formula is C39H64N10O14. The zero-order valence-electron chi connectivity index (χ0n) is 34.9. The molecule has 0 unspecified atom stereocenters. The molecule has 0 aliphatic carbocycles. The quantitative estimate of drug-likeness (QED) is 0.0332. The monoisotopic (exact) mass is 896 g/mol. The van der Waals surface area contributed by atoms with Crippen molar-refractivity contribution in [2.45, 2.75) is 87.6 Å². The molecular weight excluding hydrogens is 832 g/mol. The Morgan fingerprint density at radius 2 is 1.03 bits per heavy atom. The summed E-state index contributed by atoms with van der Waals surface area (Å²) < 4.78 is 4.74. The predicted octanol–water partition coefficient (Wildman–Crippen LogP) is -2.72. The van der Waals surface area contributed by atoms with Crippen LogP contribution in [0.2, 0.25) is 0 Å². The Bertz CT molecular complexity index is 1600. The lowest BCUT2D eigenvalue weighted by Gasteiger charge is -2.11. The van der Waals surface area contributed by atoms with Gasteiger partial charge >= 0.3 is 41.8 Å². The Labute approximate surface area is 364 Å². The molecule has 354 valence electrons. The molecule has 2 aromatic carbocycles. The SMILES string of the molecule is NC(N)=NCCC[C@H](N)C(=O)O.NCC(=O)O.N[C@@H](COC(=O)[C@@H]1CCCN1)C(=O)O.N[C@@H](Cc1ccccc1)C(=O)O.N[C@@H](Cc1ccccc1)C(=O)O.O=C(O)[C@@H]1CCCN1. The van der Waals surface area contributed by atoms with E-state index in [2.05, 4.69) is 21.4 Å². The molecule has 0 radical (unpaired) electrons. The van der Waals surface area contributed by atoms with Gasteiger partial charge in [-0.05, 0) is 75.6 Å². The van der Waals surface area contributed by atoms with Crippen molar-refractivity contribution in [3.05, 3.63) is 71.8 Å². The molecule has 4 rings (SSSR count). The first-order chi connectivity index (χ1) is 29.6. The van der Waals surface area contributed by atoms with E-state index in [4.69, 9.17) is 69.8 Å². The van der Waals surface area contributed by atoms with Gasteiger partial charge in [0.05, 0.1) is 6.54 Å². The first kappa shape index (κ1) is 58.8. The molecule has 2 heterocycles. The van der Waals surface area contributed by atoms with Gasteiger partial charge in [-0.3, -0.25) is 38.6 Å². The molecule has 2 aromatic rings. The number of rotatable bonds is 17. The highest BCUT2D eigenvalue weighted by Gasteiger charge is 2.25. The number of aliphatic carboxylic acids is 6. The van der Waals surface area contributed by atoms with Crippen LogP contribution in [0.15, 0.2) is 65.7 Å². The standard InChI is InChI=1S/2C9H11NO2.C8H14N2O4.C6H14N4O2.C5H9NO2.C2H5NO2/c2*10-8(9(11)12)6-7-4-2-1-3-5-7;9-5(7(11)12)4-14-8(13)6-2-1-3-10-6;7-4(5(11)12)2-1-3-10-6(8)9;7-5(8)4-2-1-3-6-4;3-1-2(4)5/h2*1-5,8H,6,10H2,(H,11,12);5-6,10H,1-4,9H2,(H,11,12);4H,1-3,7H2,(H,11,12)(H4,8,9,10);4,6H,1-3H2,(H,7,8);1,3H2,(H,4,5)/t2*8-;5-,6-;2*4-;/m00000./s1. The maximum atomic E-state index is 11.2. The van der Waals surface area contributed by atoms with Crippen molar-refractivity contribution in [2.24, 2.45) is 45.1 Å². The minimum absolute atomic E-state index is 0.0129. The smallest absolute Gasteiger partial charge is 0.324 e. The van der Waals surface area contributed by atoms with Gasteiger partial charge < -0.3 is 86.1 Å². The fourth-order valence-electron chi connectivity index (χ4n) is 4.68. The van der Waals surface area contributed by atoms with E-state index in [0.29, 0.717) is 32.2 Å². The Morgan fingerprint density at radius 1 is 0.635 bits per heavy atom. The van der Waals surface area contributed by atoms with Gasteiger partial charge in [-0.1, -0.05) is 60.7 Å². The number of carboxylic acids is 6. The highest BCUT2D eigenvalue weighted by molar-refractivity contribution is 5.78. The summed E-state index contributed by atoms with van der Waals surface area (Å²) in [5.41, 5.74) is 37.7. The molecule has 0 amide bonds. The van der Waals surface area contributed by atoms with Gasteiger partial charge in [0.1, 0.15) is 42.9 Å². The van der Waals surface area contributed by atoms with Crippen molar-refractivity contribution in [3.8, 4) is 0 Å². The summed E-state index contributed by atoms with van der Waals surface area (Å²) in [6, 6.07) is 14.6. The first-order valence-corrected chi connectivity index (χ1v) is 19.5. The zero-order valence-corrected chi connectivity index (χ0v) is 34.9. The average Bonchev–Trinajstić information content (AvgIpc) is 4.00. The number of hydrogen-bond acceptors (Lipinski definition) is 16. The van der Waals surface area contributed by atoms with Crippen LogP contribution >= 0.6 is 0 Å². The number of aliphatic imine (C=N–C) groups is 1. The van der Waals surface area contributed by atoms with Crippen LogP contribution in [0.3, 0.4) is 0 Å². The Kier molecular flexibility index (Phi) is 33.0. The topological polar surface area (TPSA) is 469 Å². The second-order valence-electron chi connectivity index (χ2n) is 13.5. The molecule has 24 nitrogen and oxygen atoms in total. The molecule has 0 spiro atoms. The molecule has 6 atom stereocenters. The van der Waals surface area contributed by atoms with Crippen molar-refractivity contribution >= 4 is 47.7 Å². The molecule has 0 saturated carbocycles. The van der Waals surface area contributed by atoms with E-state index in [0.717, 1.165) is 49.9 Å². The summed E-state index contributed by atoms with van der Waals surface area (Å²) in [7, 11) is 0. The van der Waals surface area contributed by atoms with E-state index < -0.39 is 66.0 Å². The van der Waals surface area contributed by atoms with Gasteiger partial charge in [-0.25, -0.2) is 0 Å². The van der Waals surface area contributed by atoms with Crippen molar-refractivity contribution in [1.82, 2.24) is 10.6 Å². The van der Waals surface area contributed by atoms with Gasteiger partial charge in [-0.2, -0.15) is 0 Å². The third-order valence-electron chi connectivity index (χ3n) is 8.12. The van der Waals surface area contributed by atoms with Crippen LogP contribution in [0.5, 0.6) is 0 Å². The summed E-state index contributed by atoms with van der Waals surface area (Å²) >= 11 is 0. The van der Waals surface area contributed by atoms with Crippen LogP contribution < -0.4 is 50.8 Å². The number of hydrogen-bond donors (Lipinski definition) is 15. The number of ether oxygens (including phenoxy) is 1. The molecule has 2 fully saturated rings. The second kappa shape index (κ2) is 35.3. The third-order valence-corrected chi connectivity index (χ3v) is 8.12. The lowest BCUT2D eigenvalue weighted by atomic mass is 10.1. The van der Waals surface area contributed by atoms with Gasteiger partial charge in [0.15, 0.2) is 5.96 Å². The zero-order chi connectivity index (χ0) is 48.3. The number of nitrogens with zero attached hydrogens (tertiary/aromatic N) is 1. The molecule has 2 aliphatic rings. The van der Waals surface area contributed by atoms with Crippen molar-refractivity contribution in [2.75, 3.05) is 32.8 Å². The van der Waals surface area contributed by atoms with Crippen LogP contribution in [-0.2, 0) is 51.1 Å². The first-order valence-electron chi connectivity index (χ1n) is 19.5. The van der Waals surface area contributed by atoms with Crippen molar-refractivity contribution in [1.29, 1.82) is 0 Å². The Balaban J connectivity index is 0. The van der Waals surface area contributed by atoms with Gasteiger partial charge in [0, 0.05) is 6.54 Å². The van der Waals surface area contributed by atoms with Crippen molar-refractivity contribution in [3.63, 3.8) is 0 Å². The predicted molar refractivity (Wildman–Crippen MR) is 230 cm³/mol. The summed E-state index contributed by atoms with van der Waals surface area (Å²) in [5.74, 6) is -6.18. The van der Waals surface area contributed by atoms with Gasteiger partial charge in [-0.15, -0.1) is 0 Å². The van der Waals surface area contributed by atoms with Gasteiger partial charge in [0.25, 0.3) is 0 Å². The fourth-order valence-corrected chi connectivity index (χ4v) is 4.68. The number of carbonyl (C=O) groups is 7. The number of carbonyl (C=O) groups excluding carboxylic acids is 1. The molecule has 63 heavy (non-hydrogen) atoms. The number of guanidine groups is 1. The van der Waals surface area contributed by atoms with Crippen LogP contribution in [0.1, 0.15) is 49.7 Å². The van der Waals surface area contributed by atoms with E-state index in [1.807, 2.05) is 60.7 Å². The summed E-state index contributed by atoms with van der Waals surface area (Å²) in [4.78, 5) is 75.6. The van der Waals surface area contributed by atoms with Crippen LogP contribution in [-0.4, -0.2) is 147 Å². The number of carboxylic acid groups (broad SMARTS) is 6.